The van der Waals surface area contributed by atoms with Crippen molar-refractivity contribution in [2.75, 3.05) is 39.6 Å². The number of ether oxygens (including phenoxy) is 4. The molecule has 0 heterocycles. The zero-order valence-corrected chi connectivity index (χ0v) is 61.3. The van der Waals surface area contributed by atoms with Crippen molar-refractivity contribution >= 4 is 39.5 Å². The van der Waals surface area contributed by atoms with Crippen LogP contribution in [0.4, 0.5) is 0 Å². The van der Waals surface area contributed by atoms with Gasteiger partial charge in [-0.25, -0.2) is 9.13 Å². The van der Waals surface area contributed by atoms with Crippen molar-refractivity contribution in [1.29, 1.82) is 0 Å². The predicted molar refractivity (Wildman–Crippen MR) is 372 cm³/mol. The predicted octanol–water partition coefficient (Wildman–Crippen LogP) is 20.6. The molecule has 19 heteroatoms. The van der Waals surface area contributed by atoms with Crippen LogP contribution in [0, 0.1) is 17.8 Å². The number of aliphatic hydroxyl groups is 1. The quantitative estimate of drug-likeness (QED) is 0.0169. The third-order valence-corrected chi connectivity index (χ3v) is 18.5. The molecular formula is C73H138O17P2. The number of aliphatic hydroxyl groups excluding tert-OH is 1. The highest BCUT2D eigenvalue weighted by Gasteiger charge is 2.30. The highest BCUT2D eigenvalue weighted by Crippen LogP contribution is 2.45. The van der Waals surface area contributed by atoms with E-state index in [1.165, 1.54) is 128 Å². The molecule has 3 unspecified atom stereocenters. The molecule has 0 fully saturated rings. The molecule has 6 atom stereocenters. The van der Waals surface area contributed by atoms with Crippen LogP contribution in [0.2, 0.25) is 0 Å². The highest BCUT2D eigenvalue weighted by atomic mass is 31.2. The SMILES string of the molecule is CCCCCC/C=C\C=C/CCCCCCCC(=O)O[C@H](COC(=O)CCCCCCCCC(C)CC)COP(=O)(O)OC[C@H](O)COP(=O)(O)OC[C@@H](COC(=O)CCCCCCCCCC(C)C)OC(=O)CCCCCCCCCCCCCCCCC(C)C. The number of rotatable bonds is 69. The Morgan fingerprint density at radius 3 is 0.967 bits per heavy atom. The molecule has 0 amide bonds. The normalized spacial score (nSPS) is 14.6. The average Bonchev–Trinajstić information content (AvgIpc) is 2.39. The van der Waals surface area contributed by atoms with E-state index >= 15 is 0 Å². The molecule has 0 saturated carbocycles. The fourth-order valence-corrected chi connectivity index (χ4v) is 12.1. The standard InChI is InChI=1S/C73H138O17P2/c1-8-10-11-12-13-14-15-16-17-21-24-27-32-42-49-57-73(78)90-69(61-84-71(76)55-48-41-36-35-39-46-53-66(7)9-2)63-88-92(81,82)86-59-67(74)58-85-91(79,80)87-62-68(60-83-70(75)54-47-40-34-29-31-38-45-52-65(5)6)89-72(77)56-50-43-33-28-25-22-19-18-20-23-26-30-37-44-51-64(3)4/h14-17,64-69,74H,8-13,18-63H2,1-7H3,(H,79,80)(H,81,82)/b15-14-,17-16-/t66?,67-,68-,69-/m1/s1. The summed E-state index contributed by atoms with van der Waals surface area (Å²) in [6.07, 6.45) is 50.9. The largest absolute Gasteiger partial charge is 0.472 e. The van der Waals surface area contributed by atoms with Crippen LogP contribution in [-0.4, -0.2) is 96.7 Å². The van der Waals surface area contributed by atoms with Gasteiger partial charge in [0.25, 0.3) is 0 Å². The van der Waals surface area contributed by atoms with Gasteiger partial charge in [-0.15, -0.1) is 0 Å². The molecule has 17 nitrogen and oxygen atoms in total. The lowest BCUT2D eigenvalue weighted by molar-refractivity contribution is -0.161. The van der Waals surface area contributed by atoms with E-state index in [-0.39, 0.29) is 25.7 Å². The molecule has 0 radical (unpaired) electrons. The number of hydrogen-bond acceptors (Lipinski definition) is 15. The van der Waals surface area contributed by atoms with Gasteiger partial charge < -0.3 is 33.8 Å². The number of hydrogen-bond donors (Lipinski definition) is 3. The third-order valence-electron chi connectivity index (χ3n) is 16.6. The van der Waals surface area contributed by atoms with Crippen LogP contribution >= 0.6 is 15.6 Å². The maximum Gasteiger partial charge on any atom is 0.472 e. The summed E-state index contributed by atoms with van der Waals surface area (Å²) < 4.78 is 68.3. The first kappa shape index (κ1) is 89.5. The smallest absolute Gasteiger partial charge is 0.462 e. The minimum atomic E-state index is -4.96. The molecule has 0 spiro atoms. The molecule has 0 aromatic carbocycles. The Morgan fingerprint density at radius 2 is 0.641 bits per heavy atom. The zero-order chi connectivity index (χ0) is 68.0. The lowest BCUT2D eigenvalue weighted by atomic mass is 10.00. The van der Waals surface area contributed by atoms with Gasteiger partial charge in [-0.3, -0.25) is 37.3 Å². The lowest BCUT2D eigenvalue weighted by Gasteiger charge is -2.21. The molecule has 0 aliphatic rings. The van der Waals surface area contributed by atoms with Gasteiger partial charge in [-0.05, 0) is 69.1 Å². The number of carbonyl (C=O) groups is 4. The van der Waals surface area contributed by atoms with E-state index in [4.69, 9.17) is 37.0 Å². The Morgan fingerprint density at radius 1 is 0.359 bits per heavy atom. The van der Waals surface area contributed by atoms with E-state index in [0.717, 1.165) is 127 Å². The van der Waals surface area contributed by atoms with Crippen LogP contribution in [0.15, 0.2) is 24.3 Å². The monoisotopic (exact) mass is 1350 g/mol. The Labute approximate surface area is 561 Å². The van der Waals surface area contributed by atoms with Gasteiger partial charge in [0.2, 0.25) is 0 Å². The second kappa shape index (κ2) is 63.3. The molecule has 3 N–H and O–H groups in total. The van der Waals surface area contributed by atoms with E-state index in [9.17, 15) is 43.2 Å². The first-order valence-electron chi connectivity index (χ1n) is 37.2. The molecule has 92 heavy (non-hydrogen) atoms. The molecule has 0 aromatic rings. The van der Waals surface area contributed by atoms with Gasteiger partial charge in [0.05, 0.1) is 26.4 Å². The molecule has 0 rings (SSSR count). The summed E-state index contributed by atoms with van der Waals surface area (Å²) in [4.78, 5) is 72.6. The summed E-state index contributed by atoms with van der Waals surface area (Å²) in [6, 6.07) is 0. The molecule has 0 bridgehead atoms. The summed E-state index contributed by atoms with van der Waals surface area (Å²) in [7, 11) is -9.92. The van der Waals surface area contributed by atoms with Crippen LogP contribution in [0.3, 0.4) is 0 Å². The van der Waals surface area contributed by atoms with E-state index < -0.39 is 97.5 Å². The van der Waals surface area contributed by atoms with Crippen molar-refractivity contribution in [1.82, 2.24) is 0 Å². The van der Waals surface area contributed by atoms with E-state index in [2.05, 4.69) is 72.8 Å². The number of allylic oxidation sites excluding steroid dienone is 4. The first-order chi connectivity index (χ1) is 44.3. The Hall–Kier alpha value is -2.46. The van der Waals surface area contributed by atoms with Crippen LogP contribution in [0.5, 0.6) is 0 Å². The number of carbonyl (C=O) groups excluding carboxylic acids is 4. The first-order valence-corrected chi connectivity index (χ1v) is 40.2. The van der Waals surface area contributed by atoms with Crippen molar-refractivity contribution in [3.05, 3.63) is 24.3 Å². The topological polar surface area (TPSA) is 237 Å². The molecule has 0 aromatic heterocycles. The van der Waals surface area contributed by atoms with Gasteiger partial charge in [0.1, 0.15) is 19.3 Å². The Kier molecular flexibility index (Phi) is 61.6. The minimum absolute atomic E-state index is 0.0837. The van der Waals surface area contributed by atoms with Crippen molar-refractivity contribution in [3.63, 3.8) is 0 Å². The van der Waals surface area contributed by atoms with Crippen molar-refractivity contribution < 1.29 is 80.2 Å². The molecule has 0 aliphatic carbocycles. The fourth-order valence-electron chi connectivity index (χ4n) is 10.5. The van der Waals surface area contributed by atoms with Crippen molar-refractivity contribution in [3.8, 4) is 0 Å². The van der Waals surface area contributed by atoms with Crippen molar-refractivity contribution in [2.24, 2.45) is 17.8 Å². The maximum absolute atomic E-state index is 13.0. The summed E-state index contributed by atoms with van der Waals surface area (Å²) in [5.74, 6) is 0.0692. The number of unbranched alkanes of at least 4 members (excludes halogenated alkanes) is 33. The number of esters is 4. The van der Waals surface area contributed by atoms with Gasteiger partial charge in [0.15, 0.2) is 12.2 Å². The van der Waals surface area contributed by atoms with E-state index in [1.54, 1.807) is 0 Å². The van der Waals surface area contributed by atoms with Gasteiger partial charge in [-0.1, -0.05) is 291 Å². The fraction of sp³-hybridized carbons (Fsp3) is 0.890. The van der Waals surface area contributed by atoms with Gasteiger partial charge in [0, 0.05) is 25.7 Å². The second-order valence-electron chi connectivity index (χ2n) is 26.8. The zero-order valence-electron chi connectivity index (χ0n) is 59.5. The minimum Gasteiger partial charge on any atom is -0.462 e. The molecule has 542 valence electrons. The molecule has 0 saturated heterocycles. The highest BCUT2D eigenvalue weighted by molar-refractivity contribution is 7.47. The number of phosphoric ester groups is 2. The summed E-state index contributed by atoms with van der Waals surface area (Å²) >= 11 is 0. The summed E-state index contributed by atoms with van der Waals surface area (Å²) in [6.45, 7) is 11.7. The molecular weight excluding hydrogens is 1210 g/mol. The van der Waals surface area contributed by atoms with Crippen LogP contribution in [0.1, 0.15) is 344 Å². The average molecular weight is 1350 g/mol. The second-order valence-corrected chi connectivity index (χ2v) is 29.7. The maximum atomic E-state index is 13.0. The van der Waals surface area contributed by atoms with E-state index in [0.29, 0.717) is 31.6 Å². The van der Waals surface area contributed by atoms with Gasteiger partial charge >= 0.3 is 39.5 Å². The van der Waals surface area contributed by atoms with Gasteiger partial charge in [-0.2, -0.15) is 0 Å². The van der Waals surface area contributed by atoms with Crippen LogP contribution < -0.4 is 0 Å². The van der Waals surface area contributed by atoms with E-state index in [1.807, 2.05) is 0 Å². The van der Waals surface area contributed by atoms with Crippen LogP contribution in [0.25, 0.3) is 0 Å². The Balaban J connectivity index is 5.27. The lowest BCUT2D eigenvalue weighted by Crippen LogP contribution is -2.30. The molecule has 0 aliphatic heterocycles. The third kappa shape index (κ3) is 64.9. The number of phosphoric acid groups is 2. The van der Waals surface area contributed by atoms with Crippen LogP contribution in [-0.2, 0) is 65.4 Å². The summed E-state index contributed by atoms with van der Waals surface area (Å²) in [5, 5.41) is 10.6. The summed E-state index contributed by atoms with van der Waals surface area (Å²) in [5.41, 5.74) is 0. The Bertz CT molecular complexity index is 1900. The van der Waals surface area contributed by atoms with Crippen molar-refractivity contribution in [2.45, 2.75) is 362 Å².